The molecule has 3 heterocycles. The zero-order valence-electron chi connectivity index (χ0n) is 25.5. The van der Waals surface area contributed by atoms with Gasteiger partial charge in [-0.2, -0.15) is 0 Å². The van der Waals surface area contributed by atoms with E-state index in [0.717, 1.165) is 6.92 Å². The summed E-state index contributed by atoms with van der Waals surface area (Å²) in [4.78, 5) is 23.1. The molecule has 0 radical (unpaired) electrons. The predicted octanol–water partition coefficient (Wildman–Crippen LogP) is -9.76. The van der Waals surface area contributed by atoms with Crippen molar-refractivity contribution in [3.05, 3.63) is 0 Å². The first kappa shape index (κ1) is 40.8. The van der Waals surface area contributed by atoms with E-state index >= 15 is 0 Å². The summed E-state index contributed by atoms with van der Waals surface area (Å²) >= 11 is 0. The number of hydrogen-bond acceptors (Lipinski definition) is 21. The molecular weight excluding hydrogens is 662 g/mol. The number of hydrogen-bond donors (Lipinski definition) is 14. The summed E-state index contributed by atoms with van der Waals surface area (Å²) in [6, 6.07) is -1.65. The van der Waals surface area contributed by atoms with E-state index in [1.807, 2.05) is 0 Å². The Morgan fingerprint density at radius 2 is 1.25 bits per heavy atom. The van der Waals surface area contributed by atoms with Crippen LogP contribution >= 0.6 is 0 Å². The molecule has 3 aliphatic rings. The van der Waals surface area contributed by atoms with Crippen molar-refractivity contribution in [1.29, 1.82) is 0 Å². The Hall–Kier alpha value is -1.62. The minimum atomic E-state index is -2.17. The zero-order chi connectivity index (χ0) is 36.0. The average molecular weight is 708 g/mol. The molecule has 0 aromatic carbocycles. The Bertz CT molecular complexity index is 1010. The largest absolute Gasteiger partial charge is 0.394 e. The molecule has 0 aromatic heterocycles. The Labute approximate surface area is 272 Å². The minimum Gasteiger partial charge on any atom is -0.394 e. The van der Waals surface area contributed by atoms with Crippen LogP contribution < -0.4 is 5.32 Å². The van der Waals surface area contributed by atoms with E-state index in [4.69, 9.17) is 28.4 Å². The van der Waals surface area contributed by atoms with Gasteiger partial charge in [0.05, 0.1) is 26.4 Å². The molecule has 3 saturated heterocycles. The molecule has 48 heavy (non-hydrogen) atoms. The molecule has 3 aliphatic heterocycles. The lowest BCUT2D eigenvalue weighted by molar-refractivity contribution is -0.372. The van der Waals surface area contributed by atoms with Crippen molar-refractivity contribution in [2.24, 2.45) is 0 Å². The molecule has 280 valence electrons. The van der Waals surface area contributed by atoms with Crippen LogP contribution in [-0.2, 0) is 38.0 Å². The van der Waals surface area contributed by atoms with Crippen molar-refractivity contribution in [2.75, 3.05) is 26.4 Å². The lowest BCUT2D eigenvalue weighted by atomic mass is 9.94. The molecule has 3 rings (SSSR count). The summed E-state index contributed by atoms with van der Waals surface area (Å²) in [7, 11) is 0. The molecular formula is C26H45NO21. The second-order valence-corrected chi connectivity index (χ2v) is 11.5. The summed E-state index contributed by atoms with van der Waals surface area (Å²) < 4.78 is 33.1. The number of rotatable bonds is 15. The molecule has 0 spiro atoms. The molecule has 0 unspecified atom stereocenters. The fraction of sp³-hybridized carbons (Fsp3) is 0.923. The number of carbonyl (C=O) groups excluding carboxylic acids is 2. The van der Waals surface area contributed by atoms with Gasteiger partial charge in [-0.15, -0.1) is 0 Å². The Kier molecular flexibility index (Phi) is 15.3. The van der Waals surface area contributed by atoms with Gasteiger partial charge in [-0.3, -0.25) is 4.79 Å². The summed E-state index contributed by atoms with van der Waals surface area (Å²) in [5, 5.41) is 135. The maximum absolute atomic E-state index is 12.1. The van der Waals surface area contributed by atoms with Gasteiger partial charge in [0, 0.05) is 6.92 Å². The fourth-order valence-corrected chi connectivity index (χ4v) is 5.49. The Morgan fingerprint density at radius 1 is 0.708 bits per heavy atom. The molecule has 0 aliphatic carbocycles. The van der Waals surface area contributed by atoms with Gasteiger partial charge in [-0.1, -0.05) is 0 Å². The van der Waals surface area contributed by atoms with Gasteiger partial charge in [0.2, 0.25) is 5.91 Å². The summed E-state index contributed by atoms with van der Waals surface area (Å²) in [5.41, 5.74) is 0. The van der Waals surface area contributed by atoms with Gasteiger partial charge in [0.15, 0.2) is 25.2 Å². The molecule has 0 aromatic rings. The van der Waals surface area contributed by atoms with Crippen molar-refractivity contribution in [3.63, 3.8) is 0 Å². The van der Waals surface area contributed by atoms with Crippen LogP contribution in [0.15, 0.2) is 0 Å². The van der Waals surface area contributed by atoms with E-state index in [1.54, 1.807) is 0 Å². The van der Waals surface area contributed by atoms with Gasteiger partial charge in [-0.05, 0) is 0 Å². The van der Waals surface area contributed by atoms with Crippen LogP contribution in [0.3, 0.4) is 0 Å². The molecule has 19 atom stereocenters. The van der Waals surface area contributed by atoms with Gasteiger partial charge >= 0.3 is 0 Å². The van der Waals surface area contributed by atoms with Crippen molar-refractivity contribution >= 4 is 12.2 Å². The fourth-order valence-electron chi connectivity index (χ4n) is 5.49. The van der Waals surface area contributed by atoms with Crippen molar-refractivity contribution in [3.8, 4) is 0 Å². The van der Waals surface area contributed by atoms with E-state index in [-0.39, 0.29) is 6.29 Å². The highest BCUT2D eigenvalue weighted by Gasteiger charge is 2.54. The lowest BCUT2D eigenvalue weighted by Crippen LogP contribution is -2.69. The highest BCUT2D eigenvalue weighted by atomic mass is 16.8. The molecule has 0 bridgehead atoms. The maximum atomic E-state index is 12.1. The van der Waals surface area contributed by atoms with Crippen molar-refractivity contribution in [2.45, 2.75) is 123 Å². The third-order valence-corrected chi connectivity index (χ3v) is 8.16. The third-order valence-electron chi connectivity index (χ3n) is 8.16. The molecule has 22 nitrogen and oxygen atoms in total. The van der Waals surface area contributed by atoms with E-state index in [2.05, 4.69) is 5.32 Å². The molecule has 1 amide bonds. The highest BCUT2D eigenvalue weighted by Crippen LogP contribution is 2.33. The SMILES string of the molecule is CC(=O)N[C@H]1[C@@H](O[C@H]2[C@H](O)[C@@H](O[C@@H]([C@H](O)[C@H](O)C=O)[C@H](O)CO)O[C@@H](CO)[C@@H]2O)O[C@H](CO)[C@H](O[C@@H]2O[C@H](CO)[C@H](O)[C@H](O)[C@@H]2O)[C@@H]1O. The van der Waals surface area contributed by atoms with Crippen LogP contribution in [0.4, 0.5) is 0 Å². The Balaban J connectivity index is 1.88. The monoisotopic (exact) mass is 707 g/mol. The normalized spacial score (nSPS) is 43.2. The van der Waals surface area contributed by atoms with Crippen LogP contribution in [0.25, 0.3) is 0 Å². The summed E-state index contributed by atoms with van der Waals surface area (Å²) in [6.45, 7) is -2.73. The molecule has 3 fully saturated rings. The van der Waals surface area contributed by atoms with Crippen LogP contribution in [0.5, 0.6) is 0 Å². The topological polar surface area (TPSA) is 365 Å². The van der Waals surface area contributed by atoms with Gasteiger partial charge in [0.1, 0.15) is 97.6 Å². The van der Waals surface area contributed by atoms with E-state index in [0.29, 0.717) is 0 Å². The summed E-state index contributed by atoms with van der Waals surface area (Å²) in [6.07, 6.45) is -33.7. The van der Waals surface area contributed by atoms with Crippen LogP contribution in [0, 0.1) is 0 Å². The first-order chi connectivity index (χ1) is 22.6. The van der Waals surface area contributed by atoms with Gasteiger partial charge in [0.25, 0.3) is 0 Å². The molecule has 22 heteroatoms. The van der Waals surface area contributed by atoms with Crippen LogP contribution in [0.2, 0.25) is 0 Å². The average Bonchev–Trinajstić information content (AvgIpc) is 3.07. The molecule has 14 N–H and O–H groups in total. The van der Waals surface area contributed by atoms with Crippen molar-refractivity contribution in [1.82, 2.24) is 5.32 Å². The van der Waals surface area contributed by atoms with Gasteiger partial charge < -0.3 is 105 Å². The number of carbonyl (C=O) groups is 2. The number of ether oxygens (including phenoxy) is 6. The minimum absolute atomic E-state index is 0.102. The number of aliphatic hydroxyl groups is 13. The standard InChI is InChI=1S/C26H45NO21/c1-7(33)27-13-17(39)22(47-25-19(41)18(40)15(37)10(4-30)43-25)12(6-32)45-24(13)48-23-16(38)11(5-31)44-26(20(23)42)46-21(9(35)3-29)14(36)8(34)2-28/h2,8-26,29-32,34-42H,3-6H2,1H3,(H,27,33)/t8-,9-,10-,11+,12-,13-,14-,15+,16+,17-,18+,19+,20+,21-,22+,23-,24-,25+,26-/m1/s1. The highest BCUT2D eigenvalue weighted by molar-refractivity contribution is 5.73. The maximum Gasteiger partial charge on any atom is 0.217 e. The zero-order valence-corrected chi connectivity index (χ0v) is 25.5. The Morgan fingerprint density at radius 3 is 1.79 bits per heavy atom. The predicted molar refractivity (Wildman–Crippen MR) is 147 cm³/mol. The number of aldehydes is 1. The van der Waals surface area contributed by atoms with Crippen LogP contribution in [-0.4, -0.2) is 221 Å². The van der Waals surface area contributed by atoms with Crippen molar-refractivity contribution < 1.29 is 104 Å². The second kappa shape index (κ2) is 18.0. The van der Waals surface area contributed by atoms with Crippen LogP contribution in [0.1, 0.15) is 6.92 Å². The summed E-state index contributed by atoms with van der Waals surface area (Å²) in [5.74, 6) is -0.781. The molecule has 0 saturated carbocycles. The third kappa shape index (κ3) is 8.99. The lowest BCUT2D eigenvalue weighted by Gasteiger charge is -2.49. The quantitative estimate of drug-likeness (QED) is 0.0702. The van der Waals surface area contributed by atoms with E-state index in [1.165, 1.54) is 0 Å². The van der Waals surface area contributed by atoms with Gasteiger partial charge in [-0.25, -0.2) is 0 Å². The second-order valence-electron chi connectivity index (χ2n) is 11.5. The number of aliphatic hydroxyl groups excluding tert-OH is 13. The number of nitrogens with one attached hydrogen (secondary N) is 1. The van der Waals surface area contributed by atoms with E-state index in [9.17, 15) is 76.0 Å². The van der Waals surface area contributed by atoms with E-state index < -0.39 is 149 Å². The first-order valence-electron chi connectivity index (χ1n) is 14.9. The number of amides is 1. The first-order valence-corrected chi connectivity index (χ1v) is 14.9. The smallest absolute Gasteiger partial charge is 0.217 e.